The maximum Gasteiger partial charge on any atom is 0.220 e. The molecule has 0 aromatic carbocycles. The van der Waals surface area contributed by atoms with Gasteiger partial charge in [-0.2, -0.15) is 0 Å². The third-order valence-corrected chi connectivity index (χ3v) is 1.89. The molecule has 1 fully saturated rings. The zero-order valence-electron chi connectivity index (χ0n) is 7.80. The topological polar surface area (TPSA) is 38.3 Å². The fourth-order valence-electron chi connectivity index (χ4n) is 1.05. The molecule has 0 unspecified atom stereocenters. The summed E-state index contributed by atoms with van der Waals surface area (Å²) in [5.74, 6) is 1.17. The van der Waals surface area contributed by atoms with Gasteiger partial charge in [-0.1, -0.05) is 13.8 Å². The van der Waals surface area contributed by atoms with Crippen LogP contribution in [-0.4, -0.2) is 25.7 Å². The van der Waals surface area contributed by atoms with E-state index in [-0.39, 0.29) is 5.91 Å². The number of hydrogen-bond donors (Lipinski definition) is 1. The average Bonchev–Trinajstić information content (AvgIpc) is 1.93. The second-order valence-electron chi connectivity index (χ2n) is 3.81. The Morgan fingerprint density at radius 1 is 1.58 bits per heavy atom. The Morgan fingerprint density at radius 2 is 2.25 bits per heavy atom. The summed E-state index contributed by atoms with van der Waals surface area (Å²) < 4.78 is 4.98. The van der Waals surface area contributed by atoms with Gasteiger partial charge < -0.3 is 10.1 Å². The summed E-state index contributed by atoms with van der Waals surface area (Å²) in [4.78, 5) is 11.2. The lowest BCUT2D eigenvalue weighted by Crippen LogP contribution is -2.35. The molecule has 3 nitrogen and oxygen atoms in total. The van der Waals surface area contributed by atoms with E-state index >= 15 is 0 Å². The third-order valence-electron chi connectivity index (χ3n) is 1.89. The molecule has 1 saturated heterocycles. The highest BCUT2D eigenvalue weighted by Gasteiger charge is 2.21. The van der Waals surface area contributed by atoms with Crippen molar-refractivity contribution in [2.45, 2.75) is 20.3 Å². The van der Waals surface area contributed by atoms with Gasteiger partial charge in [-0.05, 0) is 5.92 Å². The molecular weight excluding hydrogens is 154 g/mol. The smallest absolute Gasteiger partial charge is 0.220 e. The van der Waals surface area contributed by atoms with Crippen LogP contribution in [0, 0.1) is 11.8 Å². The number of hydrogen-bond acceptors (Lipinski definition) is 2. The molecule has 0 aliphatic carbocycles. The van der Waals surface area contributed by atoms with Crippen molar-refractivity contribution >= 4 is 5.91 Å². The van der Waals surface area contributed by atoms with Crippen LogP contribution >= 0.6 is 0 Å². The van der Waals surface area contributed by atoms with Crippen LogP contribution in [0.4, 0.5) is 0 Å². The summed E-state index contributed by atoms with van der Waals surface area (Å²) in [5, 5.41) is 2.89. The number of carbonyl (C=O) groups excluding carboxylic acids is 1. The second-order valence-corrected chi connectivity index (χ2v) is 3.81. The van der Waals surface area contributed by atoms with E-state index in [9.17, 15) is 4.79 Å². The fraction of sp³-hybridized carbons (Fsp3) is 0.889. The lowest BCUT2D eigenvalue weighted by molar-refractivity contribution is -0.126. The predicted octanol–water partition coefficient (Wildman–Crippen LogP) is 0.795. The first kappa shape index (κ1) is 9.52. The summed E-state index contributed by atoms with van der Waals surface area (Å²) in [5.41, 5.74) is 0. The summed E-state index contributed by atoms with van der Waals surface area (Å²) in [6.45, 7) is 6.48. The SMILES string of the molecule is CC(C)CNC(=O)CC1COC1. The fourth-order valence-corrected chi connectivity index (χ4v) is 1.05. The lowest BCUT2D eigenvalue weighted by atomic mass is 10.0. The first-order chi connectivity index (χ1) is 5.68. The molecule has 0 aromatic rings. The van der Waals surface area contributed by atoms with Crippen LogP contribution in [-0.2, 0) is 9.53 Å². The van der Waals surface area contributed by atoms with Gasteiger partial charge in [0.15, 0.2) is 0 Å². The molecule has 0 bridgehead atoms. The van der Waals surface area contributed by atoms with Gasteiger partial charge in [0.1, 0.15) is 0 Å². The molecule has 0 saturated carbocycles. The van der Waals surface area contributed by atoms with Crippen LogP contribution in [0.1, 0.15) is 20.3 Å². The van der Waals surface area contributed by atoms with Gasteiger partial charge in [0.05, 0.1) is 13.2 Å². The summed E-state index contributed by atoms with van der Waals surface area (Å²) in [7, 11) is 0. The first-order valence-electron chi connectivity index (χ1n) is 4.53. The van der Waals surface area contributed by atoms with E-state index in [4.69, 9.17) is 4.74 Å². The van der Waals surface area contributed by atoms with Crippen LogP contribution in [0.25, 0.3) is 0 Å². The maximum absolute atomic E-state index is 11.2. The lowest BCUT2D eigenvalue weighted by Gasteiger charge is -2.25. The minimum atomic E-state index is 0.164. The van der Waals surface area contributed by atoms with Gasteiger partial charge in [-0.3, -0.25) is 4.79 Å². The number of nitrogens with one attached hydrogen (secondary N) is 1. The highest BCUT2D eigenvalue weighted by Crippen LogP contribution is 2.13. The summed E-state index contributed by atoms with van der Waals surface area (Å²) in [6.07, 6.45) is 0.632. The molecule has 1 amide bonds. The Labute approximate surface area is 73.5 Å². The van der Waals surface area contributed by atoms with E-state index in [2.05, 4.69) is 19.2 Å². The Bertz CT molecular complexity index is 153. The molecule has 0 spiro atoms. The minimum Gasteiger partial charge on any atom is -0.381 e. The number of amides is 1. The summed E-state index contributed by atoms with van der Waals surface area (Å²) >= 11 is 0. The van der Waals surface area contributed by atoms with Gasteiger partial charge in [0, 0.05) is 18.9 Å². The molecule has 0 radical (unpaired) electrons. The predicted molar refractivity (Wildman–Crippen MR) is 46.8 cm³/mol. The molecule has 12 heavy (non-hydrogen) atoms. The molecule has 1 aliphatic heterocycles. The minimum absolute atomic E-state index is 0.164. The van der Waals surface area contributed by atoms with Gasteiger partial charge in [-0.15, -0.1) is 0 Å². The zero-order valence-corrected chi connectivity index (χ0v) is 7.80. The number of ether oxygens (including phenoxy) is 1. The molecule has 0 atom stereocenters. The molecule has 1 rings (SSSR count). The Kier molecular flexibility index (Phi) is 3.53. The van der Waals surface area contributed by atoms with Crippen LogP contribution < -0.4 is 5.32 Å². The van der Waals surface area contributed by atoms with Crippen molar-refractivity contribution in [3.63, 3.8) is 0 Å². The van der Waals surface area contributed by atoms with Crippen molar-refractivity contribution in [2.75, 3.05) is 19.8 Å². The third kappa shape index (κ3) is 3.22. The van der Waals surface area contributed by atoms with Crippen molar-refractivity contribution in [1.82, 2.24) is 5.32 Å². The van der Waals surface area contributed by atoms with Crippen molar-refractivity contribution in [1.29, 1.82) is 0 Å². The van der Waals surface area contributed by atoms with Crippen molar-refractivity contribution in [2.24, 2.45) is 11.8 Å². The van der Waals surface area contributed by atoms with Gasteiger partial charge in [-0.25, -0.2) is 0 Å². The highest BCUT2D eigenvalue weighted by molar-refractivity contribution is 5.76. The van der Waals surface area contributed by atoms with E-state index in [0.717, 1.165) is 19.8 Å². The molecule has 1 aliphatic rings. The largest absolute Gasteiger partial charge is 0.381 e. The molecule has 70 valence electrons. The number of carbonyl (C=O) groups is 1. The van der Waals surface area contributed by atoms with Gasteiger partial charge in [0.2, 0.25) is 5.91 Å². The van der Waals surface area contributed by atoms with E-state index in [1.165, 1.54) is 0 Å². The quantitative estimate of drug-likeness (QED) is 0.679. The van der Waals surface area contributed by atoms with Crippen molar-refractivity contribution < 1.29 is 9.53 Å². The van der Waals surface area contributed by atoms with Crippen LogP contribution in [0.3, 0.4) is 0 Å². The molecule has 1 heterocycles. The monoisotopic (exact) mass is 171 g/mol. The summed E-state index contributed by atoms with van der Waals surface area (Å²) in [6, 6.07) is 0. The zero-order chi connectivity index (χ0) is 8.97. The normalized spacial score (nSPS) is 17.6. The molecule has 1 N–H and O–H groups in total. The van der Waals surface area contributed by atoms with Crippen LogP contribution in [0.2, 0.25) is 0 Å². The number of rotatable bonds is 4. The van der Waals surface area contributed by atoms with E-state index in [1.54, 1.807) is 0 Å². The van der Waals surface area contributed by atoms with E-state index in [1.807, 2.05) is 0 Å². The molecule has 3 heteroatoms. The van der Waals surface area contributed by atoms with E-state index < -0.39 is 0 Å². The van der Waals surface area contributed by atoms with Gasteiger partial charge in [0.25, 0.3) is 0 Å². The van der Waals surface area contributed by atoms with Crippen molar-refractivity contribution in [3.05, 3.63) is 0 Å². The van der Waals surface area contributed by atoms with Crippen LogP contribution in [0.15, 0.2) is 0 Å². The first-order valence-corrected chi connectivity index (χ1v) is 4.53. The Hall–Kier alpha value is -0.570. The average molecular weight is 171 g/mol. The molecule has 0 aromatic heterocycles. The standard InChI is InChI=1S/C9H17NO2/c1-7(2)4-10-9(11)3-8-5-12-6-8/h7-8H,3-6H2,1-2H3,(H,10,11). The van der Waals surface area contributed by atoms with Crippen LogP contribution in [0.5, 0.6) is 0 Å². The maximum atomic E-state index is 11.2. The molecular formula is C9H17NO2. The Balaban J connectivity index is 2.03. The van der Waals surface area contributed by atoms with E-state index in [0.29, 0.717) is 18.3 Å². The van der Waals surface area contributed by atoms with Crippen molar-refractivity contribution in [3.8, 4) is 0 Å². The second kappa shape index (κ2) is 4.45. The highest BCUT2D eigenvalue weighted by atomic mass is 16.5. The van der Waals surface area contributed by atoms with Gasteiger partial charge >= 0.3 is 0 Å². The Morgan fingerprint density at radius 3 is 2.67 bits per heavy atom.